The predicted octanol–water partition coefficient (Wildman–Crippen LogP) is 2.66. The molecular formula is C11H16BrN3. The van der Waals surface area contributed by atoms with Gasteiger partial charge in [-0.05, 0) is 59.4 Å². The van der Waals surface area contributed by atoms with Crippen LogP contribution in [0.4, 0.5) is 5.82 Å². The first-order valence-electron chi connectivity index (χ1n) is 5.71. The molecule has 0 spiro atoms. The van der Waals surface area contributed by atoms with Crippen LogP contribution in [0, 0.1) is 17.8 Å². The van der Waals surface area contributed by atoms with Crippen LogP contribution < -0.4 is 5.73 Å². The second-order valence-corrected chi connectivity index (χ2v) is 5.87. The molecule has 0 aliphatic heterocycles. The molecule has 0 bridgehead atoms. The molecule has 2 aliphatic carbocycles. The van der Waals surface area contributed by atoms with Crippen LogP contribution in [0.5, 0.6) is 0 Å². The summed E-state index contributed by atoms with van der Waals surface area (Å²) in [6, 6.07) is 0. The molecule has 2 aliphatic rings. The summed E-state index contributed by atoms with van der Waals surface area (Å²) in [6.07, 6.45) is 7.70. The van der Waals surface area contributed by atoms with Gasteiger partial charge in [0, 0.05) is 12.7 Å². The molecule has 2 N–H and O–H groups in total. The Morgan fingerprint density at radius 3 is 2.93 bits per heavy atom. The third kappa shape index (κ3) is 1.92. The minimum absolute atomic E-state index is 0.607. The molecule has 3 nitrogen and oxygen atoms in total. The second-order valence-electron chi connectivity index (χ2n) is 5.02. The molecular weight excluding hydrogens is 254 g/mol. The third-order valence-corrected chi connectivity index (χ3v) is 4.45. The Kier molecular flexibility index (Phi) is 2.27. The molecule has 4 heteroatoms. The molecule has 0 aromatic carbocycles. The first kappa shape index (κ1) is 9.70. The Balaban J connectivity index is 1.64. The Morgan fingerprint density at radius 1 is 1.40 bits per heavy atom. The fraction of sp³-hybridized carbons (Fsp3) is 0.727. The average molecular weight is 270 g/mol. The lowest BCUT2D eigenvalue weighted by Crippen LogP contribution is -2.16. The first-order chi connectivity index (χ1) is 7.22. The van der Waals surface area contributed by atoms with Crippen molar-refractivity contribution in [3.05, 3.63) is 10.7 Å². The predicted molar refractivity (Wildman–Crippen MR) is 63.3 cm³/mol. The fourth-order valence-electron chi connectivity index (χ4n) is 2.88. The zero-order chi connectivity index (χ0) is 10.4. The van der Waals surface area contributed by atoms with Crippen molar-refractivity contribution in [3.8, 4) is 0 Å². The van der Waals surface area contributed by atoms with Gasteiger partial charge in [-0.25, -0.2) is 0 Å². The molecule has 2 saturated carbocycles. The first-order valence-corrected chi connectivity index (χ1v) is 6.50. The van der Waals surface area contributed by atoms with Crippen molar-refractivity contribution in [3.63, 3.8) is 0 Å². The Labute approximate surface area is 98.2 Å². The van der Waals surface area contributed by atoms with E-state index in [0.29, 0.717) is 5.82 Å². The zero-order valence-electron chi connectivity index (χ0n) is 8.69. The van der Waals surface area contributed by atoms with Crippen LogP contribution in [-0.4, -0.2) is 9.78 Å². The van der Waals surface area contributed by atoms with Crippen molar-refractivity contribution in [1.82, 2.24) is 9.78 Å². The number of fused-ring (bicyclic) bond motifs is 1. The number of aromatic nitrogens is 2. The summed E-state index contributed by atoms with van der Waals surface area (Å²) < 4.78 is 2.91. The summed E-state index contributed by atoms with van der Waals surface area (Å²) in [4.78, 5) is 0. The van der Waals surface area contributed by atoms with E-state index in [1.807, 2.05) is 10.9 Å². The number of nitrogens with two attached hydrogens (primary N) is 1. The summed E-state index contributed by atoms with van der Waals surface area (Å²) in [7, 11) is 0. The quantitative estimate of drug-likeness (QED) is 0.897. The summed E-state index contributed by atoms with van der Waals surface area (Å²) in [5.74, 6) is 3.55. The maximum absolute atomic E-state index is 5.70. The molecule has 0 saturated heterocycles. The number of halogens is 1. The van der Waals surface area contributed by atoms with Gasteiger partial charge in [-0.15, -0.1) is 0 Å². The minimum atomic E-state index is 0.607. The summed E-state index contributed by atoms with van der Waals surface area (Å²) in [6.45, 7) is 1.04. The lowest BCUT2D eigenvalue weighted by molar-refractivity contribution is 0.297. The van der Waals surface area contributed by atoms with E-state index in [1.54, 1.807) is 0 Å². The van der Waals surface area contributed by atoms with Gasteiger partial charge >= 0.3 is 0 Å². The van der Waals surface area contributed by atoms with Crippen molar-refractivity contribution in [1.29, 1.82) is 0 Å². The van der Waals surface area contributed by atoms with E-state index < -0.39 is 0 Å². The molecule has 0 radical (unpaired) electrons. The lowest BCUT2D eigenvalue weighted by atomic mass is 9.89. The number of nitrogens with zero attached hydrogens (tertiary/aromatic N) is 2. The molecule has 82 valence electrons. The van der Waals surface area contributed by atoms with E-state index in [4.69, 9.17) is 5.73 Å². The summed E-state index contributed by atoms with van der Waals surface area (Å²) >= 11 is 3.39. The van der Waals surface area contributed by atoms with Crippen molar-refractivity contribution >= 4 is 21.7 Å². The van der Waals surface area contributed by atoms with Crippen molar-refractivity contribution < 1.29 is 0 Å². The largest absolute Gasteiger partial charge is 0.381 e. The Morgan fingerprint density at radius 2 is 2.27 bits per heavy atom. The van der Waals surface area contributed by atoms with Gasteiger partial charge < -0.3 is 5.73 Å². The molecule has 3 atom stereocenters. The average Bonchev–Trinajstić information content (AvgIpc) is 2.88. The smallest absolute Gasteiger partial charge is 0.159 e. The van der Waals surface area contributed by atoms with Crippen LogP contribution in [0.25, 0.3) is 0 Å². The molecule has 1 aromatic rings. The van der Waals surface area contributed by atoms with Crippen LogP contribution >= 0.6 is 15.9 Å². The van der Waals surface area contributed by atoms with Crippen molar-refractivity contribution in [2.45, 2.75) is 32.2 Å². The van der Waals surface area contributed by atoms with Gasteiger partial charge in [0.05, 0.1) is 4.47 Å². The van der Waals surface area contributed by atoms with Crippen LogP contribution in [0.1, 0.15) is 25.7 Å². The Hall–Kier alpha value is -0.510. The topological polar surface area (TPSA) is 43.8 Å². The summed E-state index contributed by atoms with van der Waals surface area (Å²) in [5.41, 5.74) is 5.70. The number of rotatable bonds is 2. The molecule has 1 heterocycles. The van der Waals surface area contributed by atoms with Gasteiger partial charge in [0.25, 0.3) is 0 Å². The SMILES string of the molecule is Nc1nn(CC2CCC3CC3C2)cc1Br. The maximum atomic E-state index is 5.70. The summed E-state index contributed by atoms with van der Waals surface area (Å²) in [5, 5.41) is 4.29. The highest BCUT2D eigenvalue weighted by molar-refractivity contribution is 9.10. The van der Waals surface area contributed by atoms with Gasteiger partial charge in [0.2, 0.25) is 0 Å². The number of hydrogen-bond acceptors (Lipinski definition) is 2. The van der Waals surface area contributed by atoms with Crippen molar-refractivity contribution in [2.75, 3.05) is 5.73 Å². The standard InChI is InChI=1S/C11H16BrN3/c12-10-6-15(14-11(10)13)5-7-1-2-8-4-9(8)3-7/h6-9H,1-5H2,(H2,13,14). The third-order valence-electron chi connectivity index (χ3n) is 3.84. The highest BCUT2D eigenvalue weighted by Crippen LogP contribution is 2.51. The van der Waals surface area contributed by atoms with Gasteiger partial charge in [0.15, 0.2) is 5.82 Å². The minimum Gasteiger partial charge on any atom is -0.381 e. The molecule has 2 fully saturated rings. The molecule has 3 unspecified atom stereocenters. The Bertz CT molecular complexity index is 354. The van der Waals surface area contributed by atoms with Crippen LogP contribution in [0.2, 0.25) is 0 Å². The molecule has 1 aromatic heterocycles. The van der Waals surface area contributed by atoms with E-state index in [-0.39, 0.29) is 0 Å². The van der Waals surface area contributed by atoms with Gasteiger partial charge in [-0.2, -0.15) is 5.10 Å². The maximum Gasteiger partial charge on any atom is 0.159 e. The van der Waals surface area contributed by atoms with Crippen molar-refractivity contribution in [2.24, 2.45) is 17.8 Å². The molecule has 15 heavy (non-hydrogen) atoms. The van der Waals surface area contributed by atoms with Gasteiger partial charge in [-0.1, -0.05) is 0 Å². The van der Waals surface area contributed by atoms with Crippen LogP contribution in [0.3, 0.4) is 0 Å². The van der Waals surface area contributed by atoms with Crippen LogP contribution in [-0.2, 0) is 6.54 Å². The highest BCUT2D eigenvalue weighted by Gasteiger charge is 2.41. The monoisotopic (exact) mass is 269 g/mol. The van der Waals surface area contributed by atoms with E-state index in [2.05, 4.69) is 21.0 Å². The van der Waals surface area contributed by atoms with Crippen LogP contribution in [0.15, 0.2) is 10.7 Å². The molecule has 0 amide bonds. The van der Waals surface area contributed by atoms with Gasteiger partial charge in [-0.3, -0.25) is 4.68 Å². The second kappa shape index (κ2) is 3.51. The highest BCUT2D eigenvalue weighted by atomic mass is 79.9. The van der Waals surface area contributed by atoms with E-state index >= 15 is 0 Å². The number of hydrogen-bond donors (Lipinski definition) is 1. The fourth-order valence-corrected chi connectivity index (χ4v) is 3.20. The van der Waals surface area contributed by atoms with Gasteiger partial charge in [0.1, 0.15) is 0 Å². The number of nitrogen functional groups attached to an aromatic ring is 1. The lowest BCUT2D eigenvalue weighted by Gasteiger charge is -2.20. The van der Waals surface area contributed by atoms with E-state index in [9.17, 15) is 0 Å². The normalized spacial score (nSPS) is 33.8. The number of anilines is 1. The van der Waals surface area contributed by atoms with E-state index in [1.165, 1.54) is 25.7 Å². The zero-order valence-corrected chi connectivity index (χ0v) is 10.3. The van der Waals surface area contributed by atoms with E-state index in [0.717, 1.165) is 28.8 Å². The molecule has 3 rings (SSSR count).